The minimum absolute atomic E-state index is 0.130. The van der Waals surface area contributed by atoms with Crippen molar-refractivity contribution in [1.82, 2.24) is 10.2 Å². The first-order chi connectivity index (χ1) is 11.2. The lowest BCUT2D eigenvalue weighted by molar-refractivity contribution is -0.115. The number of aromatic nitrogens is 2. The summed E-state index contributed by atoms with van der Waals surface area (Å²) in [5, 5.41) is 23.6. The number of anilines is 2. The standard InChI is InChI=1S/C15H15N5OS2/c1-2-8-17-14-19-20-15(23-14)22-9-7-13(21)18-12-6-4-3-5-11(12)10-16/h2-6H,1,7-9H2,(H,17,19)(H,18,21). The van der Waals surface area contributed by atoms with Crippen LogP contribution in [0, 0.1) is 11.3 Å². The Bertz CT molecular complexity index is 723. The highest BCUT2D eigenvalue weighted by Gasteiger charge is 2.08. The van der Waals surface area contributed by atoms with Gasteiger partial charge in [0, 0.05) is 18.7 Å². The van der Waals surface area contributed by atoms with E-state index in [1.54, 1.807) is 30.3 Å². The van der Waals surface area contributed by atoms with E-state index in [9.17, 15) is 4.79 Å². The molecule has 0 saturated carbocycles. The van der Waals surface area contributed by atoms with Gasteiger partial charge in [-0.05, 0) is 12.1 Å². The number of nitrogens with one attached hydrogen (secondary N) is 2. The number of para-hydroxylation sites is 1. The predicted molar refractivity (Wildman–Crippen MR) is 93.7 cm³/mol. The first-order valence-electron chi connectivity index (χ1n) is 6.83. The lowest BCUT2D eigenvalue weighted by Gasteiger charge is -2.05. The van der Waals surface area contributed by atoms with Gasteiger partial charge in [-0.25, -0.2) is 0 Å². The Morgan fingerprint density at radius 2 is 2.26 bits per heavy atom. The summed E-state index contributed by atoms with van der Waals surface area (Å²) in [6.07, 6.45) is 2.08. The van der Waals surface area contributed by atoms with E-state index in [0.29, 0.717) is 30.0 Å². The molecule has 0 atom stereocenters. The quantitative estimate of drug-likeness (QED) is 0.564. The predicted octanol–water partition coefficient (Wildman–Crippen LogP) is 3.13. The maximum Gasteiger partial charge on any atom is 0.225 e. The Kier molecular flexibility index (Phi) is 6.59. The number of amides is 1. The normalized spacial score (nSPS) is 9.87. The van der Waals surface area contributed by atoms with Crippen molar-refractivity contribution >= 4 is 39.8 Å². The van der Waals surface area contributed by atoms with Crippen LogP contribution in [0.15, 0.2) is 41.3 Å². The molecule has 0 aliphatic rings. The largest absolute Gasteiger partial charge is 0.357 e. The fourth-order valence-corrected chi connectivity index (χ4v) is 3.40. The number of carbonyl (C=O) groups is 1. The number of carbonyl (C=O) groups excluding carboxylic acids is 1. The zero-order valence-electron chi connectivity index (χ0n) is 12.3. The summed E-state index contributed by atoms with van der Waals surface area (Å²) in [6.45, 7) is 4.26. The third-order valence-electron chi connectivity index (χ3n) is 2.68. The SMILES string of the molecule is C=CCNc1nnc(SCCC(=O)Nc2ccccc2C#N)s1. The molecule has 2 N–H and O–H groups in total. The highest BCUT2D eigenvalue weighted by atomic mass is 32.2. The highest BCUT2D eigenvalue weighted by Crippen LogP contribution is 2.26. The van der Waals surface area contributed by atoms with Crippen LogP contribution in [0.1, 0.15) is 12.0 Å². The van der Waals surface area contributed by atoms with E-state index in [1.807, 2.05) is 0 Å². The lowest BCUT2D eigenvalue weighted by Crippen LogP contribution is -2.13. The number of hydrogen-bond acceptors (Lipinski definition) is 7. The van der Waals surface area contributed by atoms with Gasteiger partial charge in [-0.2, -0.15) is 5.26 Å². The van der Waals surface area contributed by atoms with Crippen LogP contribution < -0.4 is 10.6 Å². The van der Waals surface area contributed by atoms with Crippen molar-refractivity contribution in [2.75, 3.05) is 22.9 Å². The fraction of sp³-hybridized carbons (Fsp3) is 0.200. The van der Waals surface area contributed by atoms with Gasteiger partial charge in [0.15, 0.2) is 4.34 Å². The van der Waals surface area contributed by atoms with Gasteiger partial charge in [-0.15, -0.1) is 16.8 Å². The van der Waals surface area contributed by atoms with E-state index >= 15 is 0 Å². The van der Waals surface area contributed by atoms with Crippen LogP contribution in [0.3, 0.4) is 0 Å². The minimum Gasteiger partial charge on any atom is -0.357 e. The summed E-state index contributed by atoms with van der Waals surface area (Å²) < 4.78 is 0.807. The van der Waals surface area contributed by atoms with Crippen molar-refractivity contribution in [3.63, 3.8) is 0 Å². The van der Waals surface area contributed by atoms with Crippen LogP contribution in [-0.2, 0) is 4.79 Å². The molecule has 0 saturated heterocycles. The van der Waals surface area contributed by atoms with E-state index in [4.69, 9.17) is 5.26 Å². The third kappa shape index (κ3) is 5.39. The van der Waals surface area contributed by atoms with Gasteiger partial charge in [0.25, 0.3) is 0 Å². The second-order valence-corrected chi connectivity index (χ2v) is 6.67. The second-order valence-electron chi connectivity index (χ2n) is 4.35. The maximum atomic E-state index is 11.9. The van der Waals surface area contributed by atoms with Gasteiger partial charge in [-0.1, -0.05) is 41.3 Å². The van der Waals surface area contributed by atoms with Gasteiger partial charge in [-0.3, -0.25) is 4.79 Å². The van der Waals surface area contributed by atoms with Crippen LogP contribution in [0.25, 0.3) is 0 Å². The Hall–Kier alpha value is -2.37. The van der Waals surface area contributed by atoms with Crippen LogP contribution >= 0.6 is 23.1 Å². The molecule has 1 heterocycles. The van der Waals surface area contributed by atoms with Crippen LogP contribution in [0.4, 0.5) is 10.8 Å². The number of thioether (sulfide) groups is 1. The second kappa shape index (κ2) is 8.92. The van der Waals surface area contributed by atoms with Gasteiger partial charge in [0.05, 0.1) is 11.3 Å². The molecular weight excluding hydrogens is 330 g/mol. The molecule has 2 rings (SSSR count). The number of nitrogens with zero attached hydrogens (tertiary/aromatic N) is 3. The van der Waals surface area contributed by atoms with Crippen molar-refractivity contribution in [3.05, 3.63) is 42.5 Å². The van der Waals surface area contributed by atoms with E-state index in [-0.39, 0.29) is 5.91 Å². The van der Waals surface area contributed by atoms with Crippen molar-refractivity contribution in [3.8, 4) is 6.07 Å². The Morgan fingerprint density at radius 3 is 3.04 bits per heavy atom. The summed E-state index contributed by atoms with van der Waals surface area (Å²) in [7, 11) is 0. The zero-order chi connectivity index (χ0) is 16.5. The molecule has 23 heavy (non-hydrogen) atoms. The van der Waals surface area contributed by atoms with E-state index < -0.39 is 0 Å². The molecule has 6 nitrogen and oxygen atoms in total. The summed E-state index contributed by atoms with van der Waals surface area (Å²) in [6, 6.07) is 8.98. The Morgan fingerprint density at radius 1 is 1.43 bits per heavy atom. The van der Waals surface area contributed by atoms with Gasteiger partial charge in [0.1, 0.15) is 6.07 Å². The summed E-state index contributed by atoms with van der Waals surface area (Å²) in [5.74, 6) is 0.464. The molecule has 0 fully saturated rings. The molecule has 0 spiro atoms. The first kappa shape index (κ1) is 17.0. The van der Waals surface area contributed by atoms with Gasteiger partial charge in [0.2, 0.25) is 11.0 Å². The average Bonchev–Trinajstić information content (AvgIpc) is 3.01. The van der Waals surface area contributed by atoms with Crippen LogP contribution in [0.5, 0.6) is 0 Å². The number of hydrogen-bond donors (Lipinski definition) is 2. The third-order valence-corrected chi connectivity index (χ3v) is 4.70. The first-order valence-corrected chi connectivity index (χ1v) is 8.63. The lowest BCUT2D eigenvalue weighted by atomic mass is 10.2. The van der Waals surface area contributed by atoms with Gasteiger partial charge >= 0.3 is 0 Å². The van der Waals surface area contributed by atoms with E-state index in [2.05, 4.69) is 33.5 Å². The van der Waals surface area contributed by atoms with Gasteiger partial charge < -0.3 is 10.6 Å². The molecule has 8 heteroatoms. The molecule has 1 amide bonds. The van der Waals surface area contributed by atoms with E-state index in [1.165, 1.54) is 23.1 Å². The monoisotopic (exact) mass is 345 g/mol. The van der Waals surface area contributed by atoms with Crippen molar-refractivity contribution in [2.24, 2.45) is 0 Å². The smallest absolute Gasteiger partial charge is 0.225 e. The molecule has 118 valence electrons. The number of rotatable bonds is 8. The molecular formula is C15H15N5OS2. The van der Waals surface area contributed by atoms with Crippen LogP contribution in [-0.4, -0.2) is 28.4 Å². The van der Waals surface area contributed by atoms with Crippen molar-refractivity contribution in [1.29, 1.82) is 5.26 Å². The van der Waals surface area contributed by atoms with Crippen molar-refractivity contribution < 1.29 is 4.79 Å². The minimum atomic E-state index is -0.130. The number of benzene rings is 1. The molecule has 1 aromatic heterocycles. The molecule has 0 aliphatic carbocycles. The molecule has 0 aliphatic heterocycles. The average molecular weight is 345 g/mol. The van der Waals surface area contributed by atoms with Crippen LogP contribution in [0.2, 0.25) is 0 Å². The Labute approximate surface area is 142 Å². The van der Waals surface area contributed by atoms with E-state index in [0.717, 1.165) is 9.47 Å². The van der Waals surface area contributed by atoms with Crippen molar-refractivity contribution in [2.45, 2.75) is 10.8 Å². The molecule has 0 bridgehead atoms. The molecule has 0 radical (unpaired) electrons. The molecule has 1 aromatic carbocycles. The summed E-state index contributed by atoms with van der Waals surface area (Å²) in [4.78, 5) is 11.9. The fourth-order valence-electron chi connectivity index (χ4n) is 1.63. The maximum absolute atomic E-state index is 11.9. The Balaban J connectivity index is 1.77. The molecule has 2 aromatic rings. The molecule has 0 unspecified atom stereocenters. The summed E-state index contributed by atoms with van der Waals surface area (Å²) in [5.41, 5.74) is 0.993. The zero-order valence-corrected chi connectivity index (χ0v) is 13.9. The summed E-state index contributed by atoms with van der Waals surface area (Å²) >= 11 is 2.92. The highest BCUT2D eigenvalue weighted by molar-refractivity contribution is 8.01. The number of nitriles is 1. The topological polar surface area (TPSA) is 90.7 Å².